The van der Waals surface area contributed by atoms with Crippen molar-refractivity contribution >= 4 is 14.0 Å². The predicted octanol–water partition coefficient (Wildman–Crippen LogP) is 16.7. The second kappa shape index (κ2) is 20.0. The zero-order valence-electron chi connectivity index (χ0n) is 36.5. The lowest BCUT2D eigenvalue weighted by Gasteiger charge is -2.43. The Morgan fingerprint density at radius 2 is 0.615 bits per heavy atom. The van der Waals surface area contributed by atoms with Gasteiger partial charge in [0.15, 0.2) is 8.32 Å². The second-order valence-electron chi connectivity index (χ2n) is 16.9. The minimum atomic E-state index is -8.93. The first-order chi connectivity index (χ1) is 33.8. The van der Waals surface area contributed by atoms with E-state index in [1.54, 1.807) is 0 Å². The molecule has 0 saturated heterocycles. The molecule has 1 aliphatic rings. The van der Waals surface area contributed by atoms with Crippen LogP contribution in [0.2, 0.25) is 18.1 Å². The quantitative estimate of drug-likeness (QED) is 0.0782. The van der Waals surface area contributed by atoms with Gasteiger partial charge in [0.2, 0.25) is 0 Å². The summed E-state index contributed by atoms with van der Waals surface area (Å²) in [5, 5.41) is 0. The summed E-state index contributed by atoms with van der Waals surface area (Å²) in [7, 11) is -7.45. The molecule has 1 aromatic rings. The van der Waals surface area contributed by atoms with Gasteiger partial charge in [0.1, 0.15) is 5.60 Å². The highest BCUT2D eigenvalue weighted by Gasteiger charge is 2.93. The third-order valence-electron chi connectivity index (χ3n) is 11.3. The van der Waals surface area contributed by atoms with Crippen molar-refractivity contribution in [2.24, 2.45) is 0 Å². The maximum absolute atomic E-state index is 15.2. The van der Waals surface area contributed by atoms with Crippen molar-refractivity contribution < 1.29 is 180 Å². The molecule has 2 rings (SSSR count). The lowest BCUT2D eigenvalue weighted by atomic mass is 9.93. The molecular formula is C35H24F39NO2Si. The summed E-state index contributed by atoms with van der Waals surface area (Å²) < 4.78 is 550. The lowest BCUT2D eigenvalue weighted by Crippen LogP contribution is -2.70. The molecule has 78 heavy (non-hydrogen) atoms. The summed E-state index contributed by atoms with van der Waals surface area (Å²) in [6.45, 7) is -1.85. The number of hydrogen-bond donors (Lipinski definition) is 1. The molecule has 0 bridgehead atoms. The molecule has 1 heterocycles. The van der Waals surface area contributed by atoms with Crippen LogP contribution in [0.4, 0.5) is 171 Å². The van der Waals surface area contributed by atoms with E-state index in [1.165, 1.54) is 6.07 Å². The van der Waals surface area contributed by atoms with Gasteiger partial charge in [-0.1, -0.05) is 30.3 Å². The first-order valence-electron chi connectivity index (χ1n) is 19.5. The third kappa shape index (κ3) is 11.0. The van der Waals surface area contributed by atoms with E-state index in [0.717, 1.165) is 24.3 Å². The van der Waals surface area contributed by atoms with Crippen LogP contribution in [-0.4, -0.2) is 128 Å². The molecule has 1 aromatic carbocycles. The number of nitrogens with one attached hydrogen (secondary N) is 1. The van der Waals surface area contributed by atoms with Crippen molar-refractivity contribution in [3.63, 3.8) is 0 Å². The van der Waals surface area contributed by atoms with Crippen molar-refractivity contribution in [3.8, 4) is 0 Å². The monoisotopic (exact) mass is 1260 g/mol. The summed E-state index contributed by atoms with van der Waals surface area (Å²) >= 11 is 0. The molecule has 43 heteroatoms. The molecule has 0 amide bonds. The standard InChI is InChI=1S/C35H24F39NO2Si/c1-17(13-16(75-77-17)15-5-3-2-4-6-15)14-76-78(10-7-18(36,37)21(42,43)24(48,49)27(54,55)30(60,61)33(66,67)68,11-8-19(38,39)22(44,45)25(50,51)28(56,57)31(62,63)34(69,70)71)12-9-20(40,41)23(46,47)26(52,53)29(58,59)32(64,65)35(72,73)74/h2-6,13,75H,7-12,14H2,1H3. The van der Waals surface area contributed by atoms with E-state index in [-0.39, 0.29) is 5.56 Å². The molecule has 1 aliphatic heterocycles. The predicted molar refractivity (Wildman–Crippen MR) is 179 cm³/mol. The molecular weight excluding hydrogens is 1240 g/mol. The van der Waals surface area contributed by atoms with Crippen LogP contribution in [0.15, 0.2) is 36.4 Å². The minimum Gasteiger partial charge on any atom is -0.413 e. The second-order valence-corrected chi connectivity index (χ2v) is 21.1. The topological polar surface area (TPSA) is 30.5 Å². The maximum atomic E-state index is 15.2. The van der Waals surface area contributed by atoms with Gasteiger partial charge in [0.05, 0.1) is 12.3 Å². The first kappa shape index (κ1) is 70.3. The normalized spacial score (nSPS) is 18.8. The first-order valence-corrected chi connectivity index (χ1v) is 22.0. The van der Waals surface area contributed by atoms with E-state index in [1.807, 2.05) is 5.48 Å². The Kier molecular flexibility index (Phi) is 18.0. The van der Waals surface area contributed by atoms with Crippen LogP contribution in [0.1, 0.15) is 31.7 Å². The summed E-state index contributed by atoms with van der Waals surface area (Å²) in [5.74, 6) is -128. The fourth-order valence-electron chi connectivity index (χ4n) is 6.29. The van der Waals surface area contributed by atoms with Crippen LogP contribution >= 0.6 is 0 Å². The molecule has 0 aliphatic carbocycles. The number of rotatable bonds is 25. The molecule has 0 spiro atoms. The number of hydrogen-bond acceptors (Lipinski definition) is 3. The Hall–Kier alpha value is -3.83. The van der Waals surface area contributed by atoms with Gasteiger partial charge in [-0.3, -0.25) is 10.3 Å². The summed E-state index contributed by atoms with van der Waals surface area (Å²) in [4.78, 5) is 4.84. The third-order valence-corrected chi connectivity index (χ3v) is 15.5. The van der Waals surface area contributed by atoms with Gasteiger partial charge in [0, 0.05) is 19.3 Å². The largest absolute Gasteiger partial charge is 0.460 e. The van der Waals surface area contributed by atoms with E-state index in [0.29, 0.717) is 13.0 Å². The summed E-state index contributed by atoms with van der Waals surface area (Å²) in [5.41, 5.74) is -1.71. The van der Waals surface area contributed by atoms with E-state index in [9.17, 15) is 145 Å². The molecule has 1 atom stereocenters. The molecule has 0 saturated carbocycles. The van der Waals surface area contributed by atoms with E-state index >= 15 is 26.3 Å². The van der Waals surface area contributed by atoms with Gasteiger partial charge in [-0.05, 0) is 36.7 Å². The Morgan fingerprint density at radius 1 is 0.372 bits per heavy atom. The molecule has 0 radical (unpaired) electrons. The van der Waals surface area contributed by atoms with Crippen molar-refractivity contribution in [2.75, 3.05) is 6.61 Å². The van der Waals surface area contributed by atoms with E-state index in [4.69, 9.17) is 4.84 Å². The van der Waals surface area contributed by atoms with E-state index < -0.39 is 171 Å². The number of hydroxylamine groups is 1. The van der Waals surface area contributed by atoms with Gasteiger partial charge in [-0.2, -0.15) is 171 Å². The fourth-order valence-corrected chi connectivity index (χ4v) is 10.4. The van der Waals surface area contributed by atoms with Crippen LogP contribution in [0.5, 0.6) is 0 Å². The van der Waals surface area contributed by atoms with Crippen LogP contribution in [-0.2, 0) is 9.26 Å². The summed E-state index contributed by atoms with van der Waals surface area (Å²) in [6.07, 6.45) is -36.6. The smallest absolute Gasteiger partial charge is 0.413 e. The van der Waals surface area contributed by atoms with Crippen molar-refractivity contribution in [2.45, 2.75) is 157 Å². The lowest BCUT2D eigenvalue weighted by molar-refractivity contribution is -0.440. The highest BCUT2D eigenvalue weighted by atomic mass is 28.4. The Balaban J connectivity index is 3.13. The highest BCUT2D eigenvalue weighted by molar-refractivity contribution is 6.73. The van der Waals surface area contributed by atoms with Gasteiger partial charge in [-0.15, -0.1) is 0 Å². The van der Waals surface area contributed by atoms with E-state index in [2.05, 4.69) is 4.43 Å². The van der Waals surface area contributed by atoms with Crippen LogP contribution < -0.4 is 5.48 Å². The van der Waals surface area contributed by atoms with Gasteiger partial charge in [-0.25, -0.2) is 0 Å². The number of benzene rings is 1. The maximum Gasteiger partial charge on any atom is 0.460 e. The zero-order chi connectivity index (χ0) is 62.5. The van der Waals surface area contributed by atoms with Gasteiger partial charge >= 0.3 is 107 Å². The van der Waals surface area contributed by atoms with Gasteiger partial charge < -0.3 is 4.43 Å². The van der Waals surface area contributed by atoms with Crippen LogP contribution in [0.3, 0.4) is 0 Å². The summed E-state index contributed by atoms with van der Waals surface area (Å²) in [6, 6.07) is -4.89. The Labute approximate surface area is 406 Å². The highest BCUT2D eigenvalue weighted by Crippen LogP contribution is 2.65. The zero-order valence-corrected chi connectivity index (χ0v) is 37.5. The van der Waals surface area contributed by atoms with Gasteiger partial charge in [0.25, 0.3) is 0 Å². The van der Waals surface area contributed by atoms with Crippen molar-refractivity contribution in [1.82, 2.24) is 5.48 Å². The van der Waals surface area contributed by atoms with Crippen LogP contribution in [0, 0.1) is 0 Å². The molecule has 3 nitrogen and oxygen atoms in total. The average molecular weight is 1260 g/mol. The number of alkyl halides is 39. The molecule has 458 valence electrons. The Bertz CT molecular complexity index is 2080. The Morgan fingerprint density at radius 3 is 0.859 bits per heavy atom. The van der Waals surface area contributed by atoms with Crippen molar-refractivity contribution in [1.29, 1.82) is 0 Å². The number of halogens is 39. The fraction of sp³-hybridized carbons (Fsp3) is 0.771. The molecule has 0 fully saturated rings. The molecule has 0 aromatic heterocycles. The molecule has 1 N–H and O–H groups in total. The SMILES string of the molecule is CC1(CO[Si](CCC(F)(F)C(F)(F)C(F)(F)C(F)(F)C(F)(F)C(F)(F)F)(CCC(F)(F)C(F)(F)C(F)(F)C(F)(F)C(F)(F)C(F)(F)F)CCC(F)(F)C(F)(F)C(F)(F)C(F)(F)C(F)(F)C(F)(F)F)C=C(c2ccccc2)NO1. The minimum absolute atomic E-state index is 0.174. The molecule has 1 unspecified atom stereocenters. The van der Waals surface area contributed by atoms with Crippen molar-refractivity contribution in [3.05, 3.63) is 42.0 Å². The van der Waals surface area contributed by atoms with Crippen LogP contribution in [0.25, 0.3) is 5.70 Å². The average Bonchev–Trinajstić information content (AvgIpc) is 3.66.